The first kappa shape index (κ1) is 23.9. The van der Waals surface area contributed by atoms with Gasteiger partial charge in [0.15, 0.2) is 11.6 Å². The van der Waals surface area contributed by atoms with Crippen LogP contribution >= 0.6 is 0 Å². The van der Waals surface area contributed by atoms with Crippen molar-refractivity contribution in [3.05, 3.63) is 60.2 Å². The van der Waals surface area contributed by atoms with Crippen LogP contribution in [0.25, 0.3) is 11.1 Å². The summed E-state index contributed by atoms with van der Waals surface area (Å²) in [5, 5.41) is 6.09. The molecular formula is C24H29FN6O2. The van der Waals surface area contributed by atoms with Gasteiger partial charge in [-0.1, -0.05) is 26.0 Å². The van der Waals surface area contributed by atoms with E-state index >= 15 is 0 Å². The van der Waals surface area contributed by atoms with E-state index in [0.717, 1.165) is 23.6 Å². The number of anilines is 3. The lowest BCUT2D eigenvalue weighted by Gasteiger charge is -2.21. The van der Waals surface area contributed by atoms with Gasteiger partial charge in [0.1, 0.15) is 11.6 Å². The maximum absolute atomic E-state index is 14.7. The van der Waals surface area contributed by atoms with Crippen molar-refractivity contribution in [1.82, 2.24) is 9.97 Å². The van der Waals surface area contributed by atoms with Crippen molar-refractivity contribution in [2.24, 2.45) is 17.4 Å². The molecule has 0 saturated carbocycles. The zero-order valence-electron chi connectivity index (χ0n) is 18.9. The number of carbonyl (C=O) groups is 1. The lowest BCUT2D eigenvalue weighted by atomic mass is 10.0. The molecule has 0 spiro atoms. The maximum atomic E-state index is 14.7. The predicted octanol–water partition coefficient (Wildman–Crippen LogP) is 3.92. The highest BCUT2D eigenvalue weighted by atomic mass is 19.1. The van der Waals surface area contributed by atoms with E-state index in [-0.39, 0.29) is 23.2 Å². The standard InChI is InChI=1S/C24H29FN6O2/c1-14(2)7-17(11-26)29-24-21(25)10-20(22(27)32)23(31-24)30-18-8-16(12-28-13-18)15-5-4-6-19(9-15)33-3/h4-6,8-10,12-14,17H,7,11,26H2,1-3H3,(H2,27,32)(H2,29,30,31)/t17-/m1/s1. The summed E-state index contributed by atoms with van der Waals surface area (Å²) in [5.74, 6) is -0.285. The van der Waals surface area contributed by atoms with Gasteiger partial charge in [-0.15, -0.1) is 0 Å². The van der Waals surface area contributed by atoms with Crippen LogP contribution in [0.5, 0.6) is 5.75 Å². The van der Waals surface area contributed by atoms with Crippen LogP contribution < -0.4 is 26.8 Å². The first-order valence-electron chi connectivity index (χ1n) is 10.6. The third-order valence-electron chi connectivity index (χ3n) is 5.03. The molecule has 0 saturated heterocycles. The maximum Gasteiger partial charge on any atom is 0.252 e. The number of pyridine rings is 2. The summed E-state index contributed by atoms with van der Waals surface area (Å²) in [6, 6.07) is 10.3. The molecule has 0 aliphatic carbocycles. The Hall–Kier alpha value is -3.72. The fourth-order valence-electron chi connectivity index (χ4n) is 3.46. The van der Waals surface area contributed by atoms with Gasteiger partial charge >= 0.3 is 0 Å². The molecule has 0 aliphatic rings. The first-order valence-corrected chi connectivity index (χ1v) is 10.6. The summed E-state index contributed by atoms with van der Waals surface area (Å²) in [6.07, 6.45) is 4.02. The van der Waals surface area contributed by atoms with Crippen LogP contribution in [-0.2, 0) is 0 Å². The molecule has 3 rings (SSSR count). The summed E-state index contributed by atoms with van der Waals surface area (Å²) in [6.45, 7) is 4.42. The second kappa shape index (κ2) is 10.7. The SMILES string of the molecule is COc1cccc(-c2cncc(Nc3nc(N[C@@H](CN)CC(C)C)c(F)cc3C(N)=O)c2)c1. The number of ether oxygens (including phenoxy) is 1. The highest BCUT2D eigenvalue weighted by Crippen LogP contribution is 2.28. The Bertz CT molecular complexity index is 1120. The molecule has 0 aliphatic heterocycles. The minimum atomic E-state index is -0.801. The summed E-state index contributed by atoms with van der Waals surface area (Å²) in [4.78, 5) is 20.5. The molecule has 174 valence electrons. The van der Waals surface area contributed by atoms with Crippen LogP contribution in [0.3, 0.4) is 0 Å². The zero-order chi connectivity index (χ0) is 24.0. The molecule has 0 radical (unpaired) electrons. The van der Waals surface area contributed by atoms with Crippen LogP contribution in [0, 0.1) is 11.7 Å². The molecule has 0 unspecified atom stereocenters. The van der Waals surface area contributed by atoms with Crippen molar-refractivity contribution in [3.63, 3.8) is 0 Å². The van der Waals surface area contributed by atoms with Gasteiger partial charge in [0.25, 0.3) is 5.91 Å². The summed E-state index contributed by atoms with van der Waals surface area (Å²) < 4.78 is 20.0. The number of primary amides is 1. The number of aromatic nitrogens is 2. The number of rotatable bonds is 10. The molecule has 2 heterocycles. The molecule has 3 aromatic rings. The third kappa shape index (κ3) is 6.17. The van der Waals surface area contributed by atoms with Crippen molar-refractivity contribution >= 4 is 23.2 Å². The van der Waals surface area contributed by atoms with E-state index < -0.39 is 11.7 Å². The average molecular weight is 453 g/mol. The number of nitrogens with zero attached hydrogens (tertiary/aromatic N) is 2. The van der Waals surface area contributed by atoms with Crippen molar-refractivity contribution in [2.45, 2.75) is 26.3 Å². The Morgan fingerprint density at radius 2 is 1.94 bits per heavy atom. The van der Waals surface area contributed by atoms with Gasteiger partial charge in [0.2, 0.25) is 0 Å². The average Bonchev–Trinajstić information content (AvgIpc) is 2.80. The molecule has 9 heteroatoms. The quantitative estimate of drug-likeness (QED) is 0.367. The smallest absolute Gasteiger partial charge is 0.252 e. The molecule has 0 fully saturated rings. The number of carbonyl (C=O) groups excluding carboxylic acids is 1. The fourth-order valence-corrected chi connectivity index (χ4v) is 3.46. The van der Waals surface area contributed by atoms with Gasteiger partial charge in [-0.25, -0.2) is 9.37 Å². The van der Waals surface area contributed by atoms with Gasteiger partial charge in [0, 0.05) is 24.3 Å². The molecule has 1 amide bonds. The monoisotopic (exact) mass is 452 g/mol. The minimum absolute atomic E-state index is 0.00416. The number of nitrogens with two attached hydrogens (primary N) is 2. The van der Waals surface area contributed by atoms with Gasteiger partial charge in [0.05, 0.1) is 24.6 Å². The molecule has 1 atom stereocenters. The van der Waals surface area contributed by atoms with E-state index in [2.05, 4.69) is 34.4 Å². The van der Waals surface area contributed by atoms with Gasteiger partial charge < -0.3 is 26.8 Å². The Morgan fingerprint density at radius 3 is 2.61 bits per heavy atom. The second-order valence-corrected chi connectivity index (χ2v) is 8.10. The number of amides is 1. The van der Waals surface area contributed by atoms with Gasteiger partial charge in [-0.2, -0.15) is 0 Å². The second-order valence-electron chi connectivity index (χ2n) is 8.10. The number of benzene rings is 1. The highest BCUT2D eigenvalue weighted by Gasteiger charge is 2.19. The molecule has 2 aromatic heterocycles. The normalized spacial score (nSPS) is 11.8. The van der Waals surface area contributed by atoms with Crippen molar-refractivity contribution in [3.8, 4) is 16.9 Å². The van der Waals surface area contributed by atoms with E-state index in [1.54, 1.807) is 19.5 Å². The van der Waals surface area contributed by atoms with Crippen LogP contribution in [0.1, 0.15) is 30.6 Å². The molecule has 0 bridgehead atoms. The van der Waals surface area contributed by atoms with Crippen molar-refractivity contribution < 1.29 is 13.9 Å². The van der Waals surface area contributed by atoms with Gasteiger partial charge in [-0.3, -0.25) is 9.78 Å². The van der Waals surface area contributed by atoms with Crippen molar-refractivity contribution in [2.75, 3.05) is 24.3 Å². The Kier molecular flexibility index (Phi) is 7.78. The van der Waals surface area contributed by atoms with Crippen LogP contribution in [-0.4, -0.2) is 35.6 Å². The highest BCUT2D eigenvalue weighted by molar-refractivity contribution is 5.98. The summed E-state index contributed by atoms with van der Waals surface area (Å²) in [7, 11) is 1.60. The van der Waals surface area contributed by atoms with Crippen LogP contribution in [0.15, 0.2) is 48.8 Å². The first-order chi connectivity index (χ1) is 15.8. The number of nitrogens with one attached hydrogen (secondary N) is 2. The Balaban J connectivity index is 1.94. The summed E-state index contributed by atoms with van der Waals surface area (Å²) >= 11 is 0. The predicted molar refractivity (Wildman–Crippen MR) is 128 cm³/mol. The molecule has 6 N–H and O–H groups in total. The van der Waals surface area contributed by atoms with Crippen LogP contribution in [0.4, 0.5) is 21.7 Å². The van der Waals surface area contributed by atoms with Crippen LogP contribution in [0.2, 0.25) is 0 Å². The van der Waals surface area contributed by atoms with E-state index in [9.17, 15) is 9.18 Å². The number of hydrogen-bond acceptors (Lipinski definition) is 7. The molecule has 1 aromatic carbocycles. The zero-order valence-corrected chi connectivity index (χ0v) is 18.9. The summed E-state index contributed by atoms with van der Waals surface area (Å²) in [5.41, 5.74) is 13.5. The largest absolute Gasteiger partial charge is 0.497 e. The van der Waals surface area contributed by atoms with E-state index in [0.29, 0.717) is 23.9 Å². The molecule has 8 nitrogen and oxygen atoms in total. The van der Waals surface area contributed by atoms with E-state index in [1.165, 1.54) is 0 Å². The lowest BCUT2D eigenvalue weighted by molar-refractivity contribution is 0.100. The third-order valence-corrected chi connectivity index (χ3v) is 5.03. The Morgan fingerprint density at radius 1 is 1.15 bits per heavy atom. The number of methoxy groups -OCH3 is 1. The lowest BCUT2D eigenvalue weighted by Crippen LogP contribution is -2.31. The fraction of sp³-hybridized carbons (Fsp3) is 0.292. The number of halogens is 1. The Labute approximate surface area is 192 Å². The molecule has 33 heavy (non-hydrogen) atoms. The van der Waals surface area contributed by atoms with Gasteiger partial charge in [-0.05, 0) is 42.2 Å². The molecular weight excluding hydrogens is 423 g/mol. The minimum Gasteiger partial charge on any atom is -0.497 e. The van der Waals surface area contributed by atoms with E-state index in [4.69, 9.17) is 16.2 Å². The number of hydrogen-bond donors (Lipinski definition) is 4. The topological polar surface area (TPSA) is 128 Å². The van der Waals surface area contributed by atoms with E-state index in [1.807, 2.05) is 30.3 Å². The van der Waals surface area contributed by atoms with Crippen molar-refractivity contribution in [1.29, 1.82) is 0 Å².